The standard InChI is InChI=1S/C18H17N3O3/c1-23-15-9-13(10-16(11-15)24-2)18(22)21-14-5-3-12(4-6-14)17-19-7-8-20-17/h3-11H,1-2H3,(H,19,20)(H,21,22). The molecule has 0 unspecified atom stereocenters. The number of methoxy groups -OCH3 is 2. The number of H-pyrrole nitrogens is 1. The van der Waals surface area contributed by atoms with Crippen molar-refractivity contribution in [3.8, 4) is 22.9 Å². The zero-order chi connectivity index (χ0) is 16.9. The topological polar surface area (TPSA) is 76.2 Å². The molecule has 0 saturated heterocycles. The molecule has 0 fully saturated rings. The fourth-order valence-corrected chi connectivity index (χ4v) is 2.28. The van der Waals surface area contributed by atoms with Crippen LogP contribution in [0.3, 0.4) is 0 Å². The molecule has 6 nitrogen and oxygen atoms in total. The van der Waals surface area contributed by atoms with Crippen LogP contribution in [0, 0.1) is 0 Å². The number of rotatable bonds is 5. The molecule has 0 aliphatic carbocycles. The van der Waals surface area contributed by atoms with Crippen LogP contribution in [-0.2, 0) is 0 Å². The zero-order valence-corrected chi connectivity index (χ0v) is 13.4. The second-order valence-corrected chi connectivity index (χ2v) is 5.07. The second-order valence-electron chi connectivity index (χ2n) is 5.07. The number of amides is 1. The molecule has 0 radical (unpaired) electrons. The molecule has 6 heteroatoms. The third kappa shape index (κ3) is 3.38. The van der Waals surface area contributed by atoms with E-state index in [1.165, 1.54) is 0 Å². The minimum absolute atomic E-state index is 0.238. The molecular formula is C18H17N3O3. The molecule has 3 aromatic rings. The Kier molecular flexibility index (Phi) is 4.47. The average Bonchev–Trinajstić information content (AvgIpc) is 3.16. The third-order valence-electron chi connectivity index (χ3n) is 3.53. The van der Waals surface area contributed by atoms with E-state index in [0.717, 1.165) is 11.4 Å². The Labute approximate surface area is 139 Å². The SMILES string of the molecule is COc1cc(OC)cc(C(=O)Nc2ccc(-c3ncc[nH]3)cc2)c1. The van der Waals surface area contributed by atoms with Gasteiger partial charge in [-0.15, -0.1) is 0 Å². The number of nitrogens with one attached hydrogen (secondary N) is 2. The average molecular weight is 323 g/mol. The Bertz CT molecular complexity index is 805. The van der Waals surface area contributed by atoms with Gasteiger partial charge in [-0.3, -0.25) is 4.79 Å². The monoisotopic (exact) mass is 323 g/mol. The lowest BCUT2D eigenvalue weighted by atomic mass is 10.1. The maximum absolute atomic E-state index is 12.4. The van der Waals surface area contributed by atoms with Crippen molar-refractivity contribution >= 4 is 11.6 Å². The summed E-state index contributed by atoms with van der Waals surface area (Å²) in [6.07, 6.45) is 3.46. The molecule has 2 N–H and O–H groups in total. The fraction of sp³-hybridized carbons (Fsp3) is 0.111. The van der Waals surface area contributed by atoms with Crippen LogP contribution in [0.25, 0.3) is 11.4 Å². The molecule has 24 heavy (non-hydrogen) atoms. The maximum atomic E-state index is 12.4. The Morgan fingerprint density at radius 1 is 1.04 bits per heavy atom. The summed E-state index contributed by atoms with van der Waals surface area (Å²) in [6, 6.07) is 12.5. The van der Waals surface area contributed by atoms with E-state index >= 15 is 0 Å². The van der Waals surface area contributed by atoms with Crippen LogP contribution in [0.15, 0.2) is 54.9 Å². The lowest BCUT2D eigenvalue weighted by molar-refractivity contribution is 0.102. The smallest absolute Gasteiger partial charge is 0.255 e. The highest BCUT2D eigenvalue weighted by molar-refractivity contribution is 6.04. The van der Waals surface area contributed by atoms with Crippen molar-refractivity contribution in [2.45, 2.75) is 0 Å². The van der Waals surface area contributed by atoms with Gasteiger partial charge in [-0.2, -0.15) is 0 Å². The van der Waals surface area contributed by atoms with Crippen molar-refractivity contribution in [3.05, 3.63) is 60.4 Å². The highest BCUT2D eigenvalue weighted by Gasteiger charge is 2.10. The lowest BCUT2D eigenvalue weighted by Gasteiger charge is -2.09. The van der Waals surface area contributed by atoms with Crippen molar-refractivity contribution in [2.24, 2.45) is 0 Å². The summed E-state index contributed by atoms with van der Waals surface area (Å²) < 4.78 is 10.4. The number of aromatic nitrogens is 2. The van der Waals surface area contributed by atoms with Gasteiger partial charge in [-0.1, -0.05) is 0 Å². The van der Waals surface area contributed by atoms with Crippen molar-refractivity contribution in [3.63, 3.8) is 0 Å². The van der Waals surface area contributed by atoms with Crippen molar-refractivity contribution in [2.75, 3.05) is 19.5 Å². The van der Waals surface area contributed by atoms with E-state index in [-0.39, 0.29) is 5.91 Å². The van der Waals surface area contributed by atoms with E-state index in [9.17, 15) is 4.79 Å². The third-order valence-corrected chi connectivity index (χ3v) is 3.53. The highest BCUT2D eigenvalue weighted by Crippen LogP contribution is 2.24. The zero-order valence-electron chi connectivity index (χ0n) is 13.4. The summed E-state index contributed by atoms with van der Waals surface area (Å²) in [6.45, 7) is 0. The van der Waals surface area contributed by atoms with Gasteiger partial charge in [0.1, 0.15) is 17.3 Å². The molecule has 2 aromatic carbocycles. The molecule has 0 saturated carbocycles. The minimum atomic E-state index is -0.238. The van der Waals surface area contributed by atoms with E-state index in [1.807, 2.05) is 24.3 Å². The first-order chi connectivity index (χ1) is 11.7. The number of hydrogen-bond donors (Lipinski definition) is 2. The largest absolute Gasteiger partial charge is 0.497 e. The predicted molar refractivity (Wildman–Crippen MR) is 91.5 cm³/mol. The van der Waals surface area contributed by atoms with E-state index in [2.05, 4.69) is 15.3 Å². The molecule has 0 aliphatic heterocycles. The molecule has 1 aromatic heterocycles. The number of carbonyl (C=O) groups is 1. The number of nitrogens with zero attached hydrogens (tertiary/aromatic N) is 1. The number of carbonyl (C=O) groups excluding carboxylic acids is 1. The van der Waals surface area contributed by atoms with Crippen LogP contribution >= 0.6 is 0 Å². The van der Waals surface area contributed by atoms with Gasteiger partial charge in [-0.05, 0) is 36.4 Å². The van der Waals surface area contributed by atoms with Gasteiger partial charge < -0.3 is 19.8 Å². The Balaban J connectivity index is 1.77. The summed E-state index contributed by atoms with van der Waals surface area (Å²) in [5, 5.41) is 2.85. The number of aromatic amines is 1. The van der Waals surface area contributed by atoms with E-state index < -0.39 is 0 Å². The Hall–Kier alpha value is -3.28. The van der Waals surface area contributed by atoms with Gasteiger partial charge >= 0.3 is 0 Å². The first-order valence-electron chi connectivity index (χ1n) is 7.34. The molecule has 1 amide bonds. The minimum Gasteiger partial charge on any atom is -0.497 e. The number of imidazole rings is 1. The number of benzene rings is 2. The van der Waals surface area contributed by atoms with Crippen molar-refractivity contribution < 1.29 is 14.3 Å². The molecule has 0 spiro atoms. The molecule has 0 aliphatic rings. The van der Waals surface area contributed by atoms with E-state index in [4.69, 9.17) is 9.47 Å². The fourth-order valence-electron chi connectivity index (χ4n) is 2.28. The summed E-state index contributed by atoms with van der Waals surface area (Å²) in [5.41, 5.74) is 2.10. The van der Waals surface area contributed by atoms with Crippen LogP contribution in [0.1, 0.15) is 10.4 Å². The van der Waals surface area contributed by atoms with Gasteiger partial charge in [0.15, 0.2) is 0 Å². The summed E-state index contributed by atoms with van der Waals surface area (Å²) in [7, 11) is 3.09. The molecule has 122 valence electrons. The van der Waals surface area contributed by atoms with Crippen LogP contribution < -0.4 is 14.8 Å². The van der Waals surface area contributed by atoms with Gasteiger partial charge in [-0.25, -0.2) is 4.98 Å². The van der Waals surface area contributed by atoms with Crippen LogP contribution in [0.2, 0.25) is 0 Å². The quantitative estimate of drug-likeness (QED) is 0.755. The second kappa shape index (κ2) is 6.87. The predicted octanol–water partition coefficient (Wildman–Crippen LogP) is 3.35. The first-order valence-corrected chi connectivity index (χ1v) is 7.34. The summed E-state index contributed by atoms with van der Waals surface area (Å²) in [5.74, 6) is 1.67. The van der Waals surface area contributed by atoms with Gasteiger partial charge in [0.2, 0.25) is 0 Å². The molecule has 3 rings (SSSR count). The summed E-state index contributed by atoms with van der Waals surface area (Å²) >= 11 is 0. The highest BCUT2D eigenvalue weighted by atomic mass is 16.5. The van der Waals surface area contributed by atoms with Gasteiger partial charge in [0.25, 0.3) is 5.91 Å². The van der Waals surface area contributed by atoms with E-state index in [1.54, 1.807) is 44.8 Å². The van der Waals surface area contributed by atoms with Gasteiger partial charge in [0, 0.05) is 35.3 Å². The number of hydrogen-bond acceptors (Lipinski definition) is 4. The number of anilines is 1. The van der Waals surface area contributed by atoms with Crippen LogP contribution in [0.4, 0.5) is 5.69 Å². The van der Waals surface area contributed by atoms with Gasteiger partial charge in [0.05, 0.1) is 14.2 Å². The molecule has 0 atom stereocenters. The molecule has 1 heterocycles. The normalized spacial score (nSPS) is 10.2. The molecule has 0 bridgehead atoms. The number of ether oxygens (including phenoxy) is 2. The van der Waals surface area contributed by atoms with Crippen LogP contribution in [-0.4, -0.2) is 30.1 Å². The molecular weight excluding hydrogens is 306 g/mol. The van der Waals surface area contributed by atoms with Crippen LogP contribution in [0.5, 0.6) is 11.5 Å². The maximum Gasteiger partial charge on any atom is 0.255 e. The summed E-state index contributed by atoms with van der Waals surface area (Å²) in [4.78, 5) is 19.7. The Morgan fingerprint density at radius 3 is 2.25 bits per heavy atom. The van der Waals surface area contributed by atoms with Crippen molar-refractivity contribution in [1.29, 1.82) is 0 Å². The first kappa shape index (κ1) is 15.6. The lowest BCUT2D eigenvalue weighted by Crippen LogP contribution is -2.12. The van der Waals surface area contributed by atoms with Crippen molar-refractivity contribution in [1.82, 2.24) is 9.97 Å². The Morgan fingerprint density at radius 2 is 1.71 bits per heavy atom. The van der Waals surface area contributed by atoms with E-state index in [0.29, 0.717) is 22.7 Å².